The topological polar surface area (TPSA) is 47.8 Å². The Morgan fingerprint density at radius 3 is 2.93 bits per heavy atom. The van der Waals surface area contributed by atoms with Gasteiger partial charge < -0.3 is 0 Å². The van der Waals surface area contributed by atoms with E-state index in [9.17, 15) is 4.79 Å². The second-order valence-electron chi connectivity index (χ2n) is 3.05. The van der Waals surface area contributed by atoms with Crippen LogP contribution in [0.4, 0.5) is 0 Å². The Balaban J connectivity index is 2.68. The van der Waals surface area contributed by atoms with E-state index in [2.05, 4.69) is 9.97 Å². The maximum absolute atomic E-state index is 11.4. The van der Waals surface area contributed by atoms with Crippen molar-refractivity contribution in [2.75, 3.05) is 0 Å². The smallest absolute Gasteiger partial charge is 0.295 e. The van der Waals surface area contributed by atoms with Crippen molar-refractivity contribution in [1.29, 1.82) is 0 Å². The maximum atomic E-state index is 11.4. The molecule has 0 fully saturated rings. The number of pyridine rings is 1. The van der Waals surface area contributed by atoms with Gasteiger partial charge in [0.25, 0.3) is 0 Å². The summed E-state index contributed by atoms with van der Waals surface area (Å²) in [6.07, 6.45) is 3.34. The average molecular weight is 222 g/mol. The molecule has 2 rings (SSSR count). The summed E-state index contributed by atoms with van der Waals surface area (Å²) in [5.41, 5.74) is 1.16. The lowest BCUT2D eigenvalue weighted by Crippen LogP contribution is -2.21. The van der Waals surface area contributed by atoms with Crippen LogP contribution in [0.15, 0.2) is 35.4 Å². The average Bonchev–Trinajstić information content (AvgIpc) is 2.24. The Labute approximate surface area is 91.2 Å². The summed E-state index contributed by atoms with van der Waals surface area (Å²) < 4.78 is 1.43. The Morgan fingerprint density at radius 2 is 2.27 bits per heavy atom. The quantitative estimate of drug-likeness (QED) is 0.686. The Morgan fingerprint density at radius 1 is 1.47 bits per heavy atom. The van der Waals surface area contributed by atoms with Crippen molar-refractivity contribution in [1.82, 2.24) is 14.5 Å². The molecule has 0 radical (unpaired) electrons. The second-order valence-corrected chi connectivity index (χ2v) is 3.43. The van der Waals surface area contributed by atoms with E-state index in [1.54, 1.807) is 31.6 Å². The van der Waals surface area contributed by atoms with Crippen LogP contribution in [-0.2, 0) is 7.05 Å². The first kappa shape index (κ1) is 9.86. The number of nitrogens with zero attached hydrogens (tertiary/aromatic N) is 3. The monoisotopic (exact) mass is 221 g/mol. The zero-order chi connectivity index (χ0) is 10.8. The molecule has 0 aliphatic carbocycles. The first-order chi connectivity index (χ1) is 7.18. The minimum Gasteiger partial charge on any atom is -0.295 e. The van der Waals surface area contributed by atoms with E-state index >= 15 is 0 Å². The summed E-state index contributed by atoms with van der Waals surface area (Å²) >= 11 is 5.73. The van der Waals surface area contributed by atoms with Crippen LogP contribution in [0, 0.1) is 0 Å². The molecular weight excluding hydrogens is 214 g/mol. The van der Waals surface area contributed by atoms with Gasteiger partial charge in [0, 0.05) is 31.1 Å². The number of halogens is 1. The first-order valence-corrected chi connectivity index (χ1v) is 4.70. The van der Waals surface area contributed by atoms with Crippen LogP contribution in [0.3, 0.4) is 0 Å². The van der Waals surface area contributed by atoms with E-state index in [0.717, 1.165) is 5.56 Å². The summed E-state index contributed by atoms with van der Waals surface area (Å²) in [5.74, 6) is 0. The van der Waals surface area contributed by atoms with Gasteiger partial charge in [-0.25, -0.2) is 4.79 Å². The molecule has 0 N–H and O–H groups in total. The normalized spacial score (nSPS) is 10.3. The highest BCUT2D eigenvalue weighted by Gasteiger charge is 2.05. The third kappa shape index (κ3) is 1.89. The molecule has 15 heavy (non-hydrogen) atoms. The van der Waals surface area contributed by atoms with Crippen molar-refractivity contribution >= 4 is 11.6 Å². The predicted molar refractivity (Wildman–Crippen MR) is 57.7 cm³/mol. The fourth-order valence-corrected chi connectivity index (χ4v) is 1.48. The molecule has 2 aromatic rings. The molecule has 5 heteroatoms. The minimum atomic E-state index is -0.374. The zero-order valence-corrected chi connectivity index (χ0v) is 8.77. The van der Waals surface area contributed by atoms with E-state index in [-0.39, 0.29) is 10.8 Å². The summed E-state index contributed by atoms with van der Waals surface area (Å²) in [4.78, 5) is 19.0. The van der Waals surface area contributed by atoms with E-state index in [1.807, 2.05) is 6.07 Å². The van der Waals surface area contributed by atoms with Crippen LogP contribution >= 0.6 is 11.6 Å². The van der Waals surface area contributed by atoms with Crippen molar-refractivity contribution in [3.05, 3.63) is 46.2 Å². The lowest BCUT2D eigenvalue weighted by molar-refractivity contribution is 0.819. The van der Waals surface area contributed by atoms with E-state index in [4.69, 9.17) is 11.6 Å². The van der Waals surface area contributed by atoms with Crippen molar-refractivity contribution in [2.24, 2.45) is 7.05 Å². The van der Waals surface area contributed by atoms with Crippen LogP contribution in [0.25, 0.3) is 11.3 Å². The molecule has 0 spiro atoms. The summed E-state index contributed by atoms with van der Waals surface area (Å²) in [6, 6.07) is 5.30. The maximum Gasteiger partial charge on any atom is 0.349 e. The van der Waals surface area contributed by atoms with Gasteiger partial charge in [-0.15, -0.1) is 0 Å². The molecule has 2 aromatic heterocycles. The van der Waals surface area contributed by atoms with Crippen molar-refractivity contribution in [3.8, 4) is 11.3 Å². The molecule has 0 saturated heterocycles. The van der Waals surface area contributed by atoms with Gasteiger partial charge in [-0.1, -0.05) is 11.6 Å². The Hall–Kier alpha value is -1.68. The van der Waals surface area contributed by atoms with E-state index < -0.39 is 0 Å². The van der Waals surface area contributed by atoms with E-state index in [1.165, 1.54) is 4.57 Å². The van der Waals surface area contributed by atoms with Crippen LogP contribution < -0.4 is 5.69 Å². The highest BCUT2D eigenvalue weighted by atomic mass is 35.5. The van der Waals surface area contributed by atoms with Gasteiger partial charge in [0.2, 0.25) is 0 Å². The lowest BCUT2D eigenvalue weighted by Gasteiger charge is -2.06. The number of hydrogen-bond acceptors (Lipinski definition) is 3. The zero-order valence-electron chi connectivity index (χ0n) is 8.01. The van der Waals surface area contributed by atoms with Gasteiger partial charge in [0.1, 0.15) is 5.15 Å². The molecule has 0 aliphatic heterocycles. The summed E-state index contributed by atoms with van der Waals surface area (Å²) in [7, 11) is 1.65. The van der Waals surface area contributed by atoms with Crippen molar-refractivity contribution in [3.63, 3.8) is 0 Å². The van der Waals surface area contributed by atoms with Gasteiger partial charge in [-0.05, 0) is 12.1 Å². The number of hydrogen-bond donors (Lipinski definition) is 0. The summed E-state index contributed by atoms with van der Waals surface area (Å²) in [5, 5.41) is 0.192. The molecule has 0 aliphatic rings. The number of aromatic nitrogens is 3. The molecule has 2 heterocycles. The largest absolute Gasteiger partial charge is 0.349 e. The van der Waals surface area contributed by atoms with Gasteiger partial charge in [0.05, 0.1) is 5.69 Å². The molecular formula is C10H8ClN3O. The van der Waals surface area contributed by atoms with Crippen molar-refractivity contribution < 1.29 is 0 Å². The van der Waals surface area contributed by atoms with Gasteiger partial charge in [-0.2, -0.15) is 4.98 Å². The summed E-state index contributed by atoms with van der Waals surface area (Å²) in [6.45, 7) is 0. The predicted octanol–water partition coefficient (Wildman–Crippen LogP) is 1.50. The fourth-order valence-electron chi connectivity index (χ4n) is 1.30. The second kappa shape index (κ2) is 3.82. The molecule has 0 bridgehead atoms. The van der Waals surface area contributed by atoms with Crippen LogP contribution in [0.5, 0.6) is 0 Å². The molecule has 0 amide bonds. The highest BCUT2D eigenvalue weighted by Crippen LogP contribution is 2.17. The van der Waals surface area contributed by atoms with Crippen molar-refractivity contribution in [2.45, 2.75) is 0 Å². The molecule has 4 nitrogen and oxygen atoms in total. The highest BCUT2D eigenvalue weighted by molar-refractivity contribution is 6.29. The standard InChI is InChI=1S/C10H8ClN3O/c1-14-8(5-9(11)13-10(14)15)7-3-2-4-12-6-7/h2-6H,1H3. The SMILES string of the molecule is Cn1c(-c2cccnc2)cc(Cl)nc1=O. The third-order valence-electron chi connectivity index (χ3n) is 2.06. The van der Waals surface area contributed by atoms with Crippen LogP contribution in [0.2, 0.25) is 5.15 Å². The van der Waals surface area contributed by atoms with Gasteiger partial charge in [0.15, 0.2) is 0 Å². The molecule has 0 atom stereocenters. The molecule has 0 saturated carbocycles. The lowest BCUT2D eigenvalue weighted by atomic mass is 10.2. The Bertz CT molecular complexity index is 536. The van der Waals surface area contributed by atoms with Gasteiger partial charge >= 0.3 is 5.69 Å². The van der Waals surface area contributed by atoms with Crippen LogP contribution in [-0.4, -0.2) is 14.5 Å². The number of rotatable bonds is 1. The molecule has 0 unspecified atom stereocenters. The third-order valence-corrected chi connectivity index (χ3v) is 2.26. The van der Waals surface area contributed by atoms with Crippen LogP contribution in [0.1, 0.15) is 0 Å². The van der Waals surface area contributed by atoms with E-state index in [0.29, 0.717) is 5.69 Å². The molecule has 0 aromatic carbocycles. The Kier molecular flexibility index (Phi) is 2.51. The van der Waals surface area contributed by atoms with Gasteiger partial charge in [-0.3, -0.25) is 9.55 Å². The molecule has 76 valence electrons. The fraction of sp³-hybridized carbons (Fsp3) is 0.100. The first-order valence-electron chi connectivity index (χ1n) is 4.32. The minimum absolute atomic E-state index is 0.192.